The van der Waals surface area contributed by atoms with E-state index in [0.717, 1.165) is 32.4 Å². The van der Waals surface area contributed by atoms with Gasteiger partial charge in [0.05, 0.1) is 5.54 Å². The number of carbonyl (C=O) groups is 1. The van der Waals surface area contributed by atoms with Crippen molar-refractivity contribution in [2.75, 3.05) is 20.1 Å². The minimum atomic E-state index is -0.461. The van der Waals surface area contributed by atoms with Crippen molar-refractivity contribution in [2.45, 2.75) is 51.1 Å². The summed E-state index contributed by atoms with van der Waals surface area (Å²) in [4.78, 5) is 14.1. The third-order valence-electron chi connectivity index (χ3n) is 4.66. The molecule has 4 heteroatoms. The average Bonchev–Trinajstić information content (AvgIpc) is 2.82. The van der Waals surface area contributed by atoms with Gasteiger partial charge in [-0.05, 0) is 44.7 Å². The molecule has 2 fully saturated rings. The van der Waals surface area contributed by atoms with Crippen molar-refractivity contribution in [3.63, 3.8) is 0 Å². The Morgan fingerprint density at radius 1 is 1.41 bits per heavy atom. The number of likely N-dealkylation sites (tertiary alicyclic amines) is 1. The van der Waals surface area contributed by atoms with E-state index >= 15 is 0 Å². The first-order chi connectivity index (χ1) is 7.88. The molecule has 0 aromatic heterocycles. The number of hydrogen-bond donors (Lipinski definition) is 2. The van der Waals surface area contributed by atoms with E-state index in [-0.39, 0.29) is 5.91 Å². The third kappa shape index (κ3) is 2.33. The van der Waals surface area contributed by atoms with E-state index in [1.807, 2.05) is 7.05 Å². The topological polar surface area (TPSA) is 58.4 Å². The molecule has 1 aliphatic carbocycles. The van der Waals surface area contributed by atoms with E-state index in [2.05, 4.69) is 24.1 Å². The zero-order valence-corrected chi connectivity index (χ0v) is 11.3. The maximum Gasteiger partial charge on any atom is 0.237 e. The van der Waals surface area contributed by atoms with Crippen molar-refractivity contribution >= 4 is 5.91 Å². The fraction of sp³-hybridized carbons (Fsp3) is 0.923. The first-order valence-electron chi connectivity index (χ1n) is 6.61. The highest BCUT2D eigenvalue weighted by Gasteiger charge is 2.46. The van der Waals surface area contributed by atoms with Crippen LogP contribution in [0.3, 0.4) is 0 Å². The number of nitrogens with one attached hydrogen (secondary N) is 1. The number of hydrogen-bond acceptors (Lipinski definition) is 3. The van der Waals surface area contributed by atoms with Gasteiger partial charge in [0.2, 0.25) is 5.91 Å². The number of primary amides is 1. The molecule has 1 heterocycles. The largest absolute Gasteiger partial charge is 0.368 e. The highest BCUT2D eigenvalue weighted by Crippen LogP contribution is 2.38. The highest BCUT2D eigenvalue weighted by molar-refractivity contribution is 5.85. The maximum absolute atomic E-state index is 11.6. The number of nitrogens with two attached hydrogens (primary N) is 1. The first-order valence-corrected chi connectivity index (χ1v) is 6.61. The Balaban J connectivity index is 2.01. The van der Waals surface area contributed by atoms with Crippen LogP contribution >= 0.6 is 0 Å². The Bertz CT molecular complexity index is 316. The monoisotopic (exact) mass is 239 g/mol. The van der Waals surface area contributed by atoms with Gasteiger partial charge in [-0.15, -0.1) is 0 Å². The van der Waals surface area contributed by atoms with Crippen LogP contribution in [0.4, 0.5) is 0 Å². The molecule has 0 spiro atoms. The minimum Gasteiger partial charge on any atom is -0.368 e. The van der Waals surface area contributed by atoms with Gasteiger partial charge in [0.15, 0.2) is 0 Å². The van der Waals surface area contributed by atoms with Gasteiger partial charge in [-0.3, -0.25) is 9.69 Å². The molecule has 4 nitrogen and oxygen atoms in total. The molecule has 0 bridgehead atoms. The normalized spacial score (nSPS) is 37.5. The van der Waals surface area contributed by atoms with Gasteiger partial charge in [0, 0.05) is 12.6 Å². The van der Waals surface area contributed by atoms with E-state index < -0.39 is 5.54 Å². The molecule has 0 radical (unpaired) electrons. The van der Waals surface area contributed by atoms with E-state index in [4.69, 9.17) is 5.73 Å². The van der Waals surface area contributed by atoms with Crippen LogP contribution in [0, 0.1) is 5.41 Å². The quantitative estimate of drug-likeness (QED) is 0.763. The van der Waals surface area contributed by atoms with Crippen molar-refractivity contribution in [1.82, 2.24) is 10.2 Å². The summed E-state index contributed by atoms with van der Waals surface area (Å²) < 4.78 is 0. The number of amides is 1. The second-order valence-electron chi connectivity index (χ2n) is 6.48. The molecule has 3 N–H and O–H groups in total. The zero-order chi connectivity index (χ0) is 12.7. The lowest BCUT2D eigenvalue weighted by molar-refractivity contribution is -0.124. The van der Waals surface area contributed by atoms with E-state index in [1.165, 1.54) is 6.42 Å². The van der Waals surface area contributed by atoms with Crippen LogP contribution < -0.4 is 11.1 Å². The van der Waals surface area contributed by atoms with Gasteiger partial charge in [0.25, 0.3) is 0 Å². The Morgan fingerprint density at radius 2 is 2.12 bits per heavy atom. The van der Waals surface area contributed by atoms with E-state index in [9.17, 15) is 4.79 Å². The molecular weight excluding hydrogens is 214 g/mol. The molecule has 2 aliphatic rings. The summed E-state index contributed by atoms with van der Waals surface area (Å²) in [5, 5.41) is 3.15. The lowest BCUT2D eigenvalue weighted by atomic mass is 9.93. The number of nitrogens with zero attached hydrogens (tertiary/aromatic N) is 1. The van der Waals surface area contributed by atoms with E-state index in [0.29, 0.717) is 11.5 Å². The maximum atomic E-state index is 11.6. The predicted octanol–water partition coefficient (Wildman–Crippen LogP) is 0.714. The van der Waals surface area contributed by atoms with Gasteiger partial charge in [-0.2, -0.15) is 0 Å². The van der Waals surface area contributed by atoms with Crippen molar-refractivity contribution < 1.29 is 4.79 Å². The SMILES string of the molecule is CNC1(C(N)=O)CCC(N2CCC(C)(C)C2)C1. The Hall–Kier alpha value is -0.610. The molecule has 1 saturated carbocycles. The number of carbonyl (C=O) groups excluding carboxylic acids is 1. The van der Waals surface area contributed by atoms with Crippen molar-refractivity contribution in [3.05, 3.63) is 0 Å². The minimum absolute atomic E-state index is 0.194. The average molecular weight is 239 g/mol. The van der Waals surface area contributed by atoms with Crippen LogP contribution in [0.25, 0.3) is 0 Å². The van der Waals surface area contributed by atoms with Gasteiger partial charge in [-0.25, -0.2) is 0 Å². The van der Waals surface area contributed by atoms with Crippen LogP contribution in [-0.2, 0) is 4.79 Å². The number of rotatable bonds is 3. The smallest absolute Gasteiger partial charge is 0.237 e. The summed E-state index contributed by atoms with van der Waals surface area (Å²) in [6, 6.07) is 0.525. The molecule has 2 atom stereocenters. The fourth-order valence-electron chi connectivity index (χ4n) is 3.37. The lowest BCUT2D eigenvalue weighted by Gasteiger charge is -2.29. The molecule has 98 valence electrons. The van der Waals surface area contributed by atoms with Crippen LogP contribution in [0.2, 0.25) is 0 Å². The number of likely N-dealkylation sites (N-methyl/N-ethyl adjacent to an activating group) is 1. The Morgan fingerprint density at radius 3 is 2.53 bits per heavy atom. The summed E-state index contributed by atoms with van der Waals surface area (Å²) in [6.07, 6.45) is 4.09. The summed E-state index contributed by atoms with van der Waals surface area (Å²) in [5.41, 5.74) is 5.50. The summed E-state index contributed by atoms with van der Waals surface area (Å²) >= 11 is 0. The van der Waals surface area contributed by atoms with Gasteiger partial charge in [-0.1, -0.05) is 13.8 Å². The first kappa shape index (κ1) is 12.8. The fourth-order valence-corrected chi connectivity index (χ4v) is 3.37. The molecule has 0 aromatic carbocycles. The van der Waals surface area contributed by atoms with Gasteiger partial charge >= 0.3 is 0 Å². The summed E-state index contributed by atoms with van der Waals surface area (Å²) in [6.45, 7) is 6.95. The van der Waals surface area contributed by atoms with Crippen LogP contribution in [0.5, 0.6) is 0 Å². The van der Waals surface area contributed by atoms with Crippen LogP contribution in [0.15, 0.2) is 0 Å². The second kappa shape index (κ2) is 4.25. The predicted molar refractivity (Wildman–Crippen MR) is 68.6 cm³/mol. The third-order valence-corrected chi connectivity index (χ3v) is 4.66. The lowest BCUT2D eigenvalue weighted by Crippen LogP contribution is -2.53. The molecular formula is C13H25N3O. The summed E-state index contributed by atoms with van der Waals surface area (Å²) in [5.74, 6) is -0.194. The molecule has 1 amide bonds. The summed E-state index contributed by atoms with van der Waals surface area (Å²) in [7, 11) is 1.85. The van der Waals surface area contributed by atoms with Crippen molar-refractivity contribution in [1.29, 1.82) is 0 Å². The van der Waals surface area contributed by atoms with Gasteiger partial charge < -0.3 is 11.1 Å². The highest BCUT2D eigenvalue weighted by atomic mass is 16.1. The molecule has 0 aromatic rings. The van der Waals surface area contributed by atoms with E-state index in [1.54, 1.807) is 0 Å². The van der Waals surface area contributed by atoms with Crippen LogP contribution in [0.1, 0.15) is 39.5 Å². The molecule has 2 rings (SSSR count). The van der Waals surface area contributed by atoms with Crippen molar-refractivity contribution in [2.24, 2.45) is 11.1 Å². The Labute approximate surface area is 104 Å². The molecule has 2 unspecified atom stereocenters. The Kier molecular flexibility index (Phi) is 3.21. The van der Waals surface area contributed by atoms with Gasteiger partial charge in [0.1, 0.15) is 0 Å². The second-order valence-corrected chi connectivity index (χ2v) is 6.48. The molecule has 17 heavy (non-hydrogen) atoms. The molecule has 1 aliphatic heterocycles. The zero-order valence-electron chi connectivity index (χ0n) is 11.3. The van der Waals surface area contributed by atoms with Crippen molar-refractivity contribution in [3.8, 4) is 0 Å². The molecule has 1 saturated heterocycles. The standard InChI is InChI=1S/C13H25N3O/c1-12(2)6-7-16(9-12)10-4-5-13(8-10,15-3)11(14)17/h10,15H,4-9H2,1-3H3,(H2,14,17). The van der Waals surface area contributed by atoms with Crippen LogP contribution in [-0.4, -0.2) is 42.5 Å².